The first-order valence-electron chi connectivity index (χ1n) is 9.62. The maximum absolute atomic E-state index is 13.0. The van der Waals surface area contributed by atoms with Gasteiger partial charge in [-0.05, 0) is 68.4 Å². The minimum absolute atomic E-state index is 0.0817. The summed E-state index contributed by atoms with van der Waals surface area (Å²) in [5.41, 5.74) is -0.268. The van der Waals surface area contributed by atoms with Crippen molar-refractivity contribution in [3.05, 3.63) is 32.1 Å². The third kappa shape index (κ3) is 3.08. The third-order valence-corrected chi connectivity index (χ3v) is 8.92. The molecule has 1 heterocycles. The van der Waals surface area contributed by atoms with Gasteiger partial charge in [-0.15, -0.1) is 11.3 Å². The number of halogens is 3. The fourth-order valence-corrected chi connectivity index (χ4v) is 8.31. The number of hydrogen-bond donors (Lipinski definition) is 0. The summed E-state index contributed by atoms with van der Waals surface area (Å²) in [4.78, 5) is 25.9. The van der Waals surface area contributed by atoms with Crippen LogP contribution in [0.1, 0.15) is 48.2 Å². The van der Waals surface area contributed by atoms with E-state index >= 15 is 0 Å². The monoisotopic (exact) mass is 456 g/mol. The number of carbonyl (C=O) groups is 2. The van der Waals surface area contributed by atoms with Gasteiger partial charge in [0.2, 0.25) is 0 Å². The normalized spacial score (nSPS) is 30.8. The van der Waals surface area contributed by atoms with Crippen LogP contribution in [-0.4, -0.2) is 18.4 Å². The first kappa shape index (κ1) is 19.2. The number of carbonyl (C=O) groups excluding carboxylic acids is 2. The van der Waals surface area contributed by atoms with Gasteiger partial charge in [-0.25, -0.2) is 4.79 Å². The molecule has 1 aromatic heterocycles. The number of fused-ring (bicyclic) bond motifs is 1. The average Bonchev–Trinajstić information content (AvgIpc) is 2.94. The van der Waals surface area contributed by atoms with E-state index in [2.05, 4.69) is 0 Å². The van der Waals surface area contributed by atoms with E-state index in [0.717, 1.165) is 24.0 Å². The van der Waals surface area contributed by atoms with Gasteiger partial charge in [0, 0.05) is 20.5 Å². The van der Waals surface area contributed by atoms with E-state index < -0.39 is 5.97 Å². The lowest BCUT2D eigenvalue weighted by molar-refractivity contribution is -0.147. The van der Waals surface area contributed by atoms with Crippen molar-refractivity contribution in [3.63, 3.8) is 0 Å². The Kier molecular flexibility index (Phi) is 4.70. The lowest BCUT2D eigenvalue weighted by Crippen LogP contribution is -2.51. The Balaban J connectivity index is 1.33. The Bertz CT molecular complexity index is 961. The second-order valence-corrected chi connectivity index (χ2v) is 11.0. The van der Waals surface area contributed by atoms with Crippen LogP contribution in [-0.2, 0) is 9.53 Å². The van der Waals surface area contributed by atoms with Crippen LogP contribution < -0.4 is 0 Å². The quantitative estimate of drug-likeness (QED) is 0.474. The standard InChI is InChI=1S/C21H19Cl3O3S/c22-13-4-14(23)17-15(5-13)28-19(18(17)24)20(26)27-9-16(25)21-6-10-1-11(7-21)3-12(2-10)8-21/h4-5,10-12H,1-3,6-9H2. The summed E-state index contributed by atoms with van der Waals surface area (Å²) in [7, 11) is 0. The predicted molar refractivity (Wildman–Crippen MR) is 113 cm³/mol. The van der Waals surface area contributed by atoms with Crippen LogP contribution in [0.3, 0.4) is 0 Å². The van der Waals surface area contributed by atoms with Crippen LogP contribution in [0.15, 0.2) is 12.1 Å². The first-order chi connectivity index (χ1) is 13.3. The van der Waals surface area contributed by atoms with Gasteiger partial charge < -0.3 is 4.74 Å². The van der Waals surface area contributed by atoms with E-state index in [0.29, 0.717) is 33.2 Å². The van der Waals surface area contributed by atoms with Crippen LogP contribution in [0.4, 0.5) is 0 Å². The maximum atomic E-state index is 13.0. The molecule has 0 spiro atoms. The molecule has 0 saturated heterocycles. The Morgan fingerprint density at radius 3 is 2.25 bits per heavy atom. The number of ether oxygens (including phenoxy) is 1. The number of ketones is 1. The molecule has 4 aliphatic carbocycles. The number of thiophene rings is 1. The van der Waals surface area contributed by atoms with Crippen molar-refractivity contribution in [2.45, 2.75) is 38.5 Å². The van der Waals surface area contributed by atoms with Gasteiger partial charge in [-0.2, -0.15) is 0 Å². The third-order valence-electron chi connectivity index (χ3n) is 6.80. The molecule has 1 aromatic carbocycles. The summed E-state index contributed by atoms with van der Waals surface area (Å²) in [5.74, 6) is 1.54. The largest absolute Gasteiger partial charge is 0.453 e. The minimum atomic E-state index is -0.573. The Hall–Kier alpha value is -0.810. The number of rotatable bonds is 4. The summed E-state index contributed by atoms with van der Waals surface area (Å²) < 4.78 is 6.15. The zero-order valence-electron chi connectivity index (χ0n) is 15.1. The van der Waals surface area contributed by atoms with E-state index in [1.54, 1.807) is 12.1 Å². The molecule has 3 nitrogen and oxygen atoms in total. The van der Waals surface area contributed by atoms with Crippen LogP contribution >= 0.6 is 46.1 Å². The van der Waals surface area contributed by atoms with Crippen LogP contribution in [0, 0.1) is 23.2 Å². The highest BCUT2D eigenvalue weighted by molar-refractivity contribution is 7.21. The Morgan fingerprint density at radius 1 is 1.04 bits per heavy atom. The summed E-state index contributed by atoms with van der Waals surface area (Å²) >= 11 is 19.8. The molecule has 0 aliphatic heterocycles. The number of Topliss-reactive ketones (excluding diaryl/α,β-unsaturated/α-hetero) is 1. The van der Waals surface area contributed by atoms with Gasteiger partial charge in [-0.3, -0.25) is 4.79 Å². The topological polar surface area (TPSA) is 43.4 Å². The summed E-state index contributed by atoms with van der Waals surface area (Å²) in [6.07, 6.45) is 6.71. The van der Waals surface area contributed by atoms with Crippen LogP contribution in [0.2, 0.25) is 15.1 Å². The van der Waals surface area contributed by atoms with Crippen molar-refractivity contribution in [3.8, 4) is 0 Å². The SMILES string of the molecule is O=C(OCC(=O)C12CC3CC(CC(C3)C1)C2)c1sc2cc(Cl)cc(Cl)c2c1Cl. The number of benzene rings is 1. The van der Waals surface area contributed by atoms with Crippen LogP contribution in [0.25, 0.3) is 10.1 Å². The molecule has 0 radical (unpaired) electrons. The molecule has 2 aromatic rings. The van der Waals surface area contributed by atoms with E-state index in [4.69, 9.17) is 39.5 Å². The second-order valence-electron chi connectivity index (χ2n) is 8.70. The highest BCUT2D eigenvalue weighted by atomic mass is 35.5. The molecule has 6 rings (SSSR count). The van der Waals surface area contributed by atoms with Crippen molar-refractivity contribution < 1.29 is 14.3 Å². The van der Waals surface area contributed by atoms with E-state index in [-0.39, 0.29) is 27.7 Å². The first-order valence-corrected chi connectivity index (χ1v) is 11.6. The van der Waals surface area contributed by atoms with Gasteiger partial charge >= 0.3 is 5.97 Å². The van der Waals surface area contributed by atoms with E-state index in [9.17, 15) is 9.59 Å². The molecule has 0 amide bonds. The van der Waals surface area contributed by atoms with Gasteiger partial charge in [0.25, 0.3) is 0 Å². The molecular formula is C21H19Cl3O3S. The Labute approximate surface area is 182 Å². The molecule has 0 N–H and O–H groups in total. The maximum Gasteiger partial charge on any atom is 0.350 e. The van der Waals surface area contributed by atoms with Gasteiger partial charge in [0.15, 0.2) is 12.4 Å². The molecule has 28 heavy (non-hydrogen) atoms. The fraction of sp³-hybridized carbons (Fsp3) is 0.524. The number of esters is 1. The van der Waals surface area contributed by atoms with Crippen molar-refractivity contribution >= 4 is 68.0 Å². The Morgan fingerprint density at radius 2 is 1.64 bits per heavy atom. The van der Waals surface area contributed by atoms with Gasteiger partial charge in [0.05, 0.1) is 10.0 Å². The van der Waals surface area contributed by atoms with Crippen molar-refractivity contribution in [1.29, 1.82) is 0 Å². The predicted octanol–water partition coefficient (Wildman–Crippen LogP) is 6.80. The van der Waals surface area contributed by atoms with Crippen molar-refractivity contribution in [2.24, 2.45) is 23.2 Å². The minimum Gasteiger partial charge on any atom is -0.453 e. The zero-order chi connectivity index (χ0) is 19.6. The van der Waals surface area contributed by atoms with Crippen LogP contribution in [0.5, 0.6) is 0 Å². The molecule has 0 unspecified atom stereocenters. The fourth-order valence-electron chi connectivity index (χ4n) is 6.04. The highest BCUT2D eigenvalue weighted by Gasteiger charge is 2.54. The lowest BCUT2D eigenvalue weighted by Gasteiger charge is -2.55. The zero-order valence-corrected chi connectivity index (χ0v) is 18.2. The second kappa shape index (κ2) is 6.87. The van der Waals surface area contributed by atoms with Crippen molar-refractivity contribution in [2.75, 3.05) is 6.61 Å². The average molecular weight is 458 g/mol. The molecule has 4 bridgehead atoms. The number of hydrogen-bond acceptors (Lipinski definition) is 4. The summed E-state index contributed by atoms with van der Waals surface area (Å²) in [6, 6.07) is 3.31. The smallest absolute Gasteiger partial charge is 0.350 e. The molecule has 4 fully saturated rings. The highest BCUT2D eigenvalue weighted by Crippen LogP contribution is 2.60. The molecule has 4 aliphatic rings. The lowest BCUT2D eigenvalue weighted by atomic mass is 9.48. The molecule has 4 saturated carbocycles. The molecular weight excluding hydrogens is 439 g/mol. The summed E-state index contributed by atoms with van der Waals surface area (Å²) in [6.45, 7) is -0.177. The molecule has 0 atom stereocenters. The van der Waals surface area contributed by atoms with Gasteiger partial charge in [0.1, 0.15) is 4.88 Å². The van der Waals surface area contributed by atoms with E-state index in [1.807, 2.05) is 0 Å². The molecule has 7 heteroatoms. The van der Waals surface area contributed by atoms with E-state index in [1.165, 1.54) is 30.6 Å². The molecule has 148 valence electrons. The van der Waals surface area contributed by atoms with Gasteiger partial charge in [-0.1, -0.05) is 34.8 Å². The van der Waals surface area contributed by atoms with Crippen molar-refractivity contribution in [1.82, 2.24) is 0 Å². The summed E-state index contributed by atoms with van der Waals surface area (Å²) in [5, 5.41) is 1.73.